The summed E-state index contributed by atoms with van der Waals surface area (Å²) in [5.41, 5.74) is 11.7. The molecule has 0 spiro atoms. The second-order valence-electron chi connectivity index (χ2n) is 4.99. The average molecular weight is 239 g/mol. The fourth-order valence-corrected chi connectivity index (χ4v) is 2.53. The Morgan fingerprint density at radius 3 is 2.56 bits per heavy atom. The van der Waals surface area contributed by atoms with Crippen LogP contribution < -0.4 is 5.73 Å². The Labute approximate surface area is 107 Å². The average Bonchev–Trinajstić information content (AvgIpc) is 2.41. The molecule has 1 aliphatic carbocycles. The zero-order chi connectivity index (χ0) is 12.5. The van der Waals surface area contributed by atoms with Crippen LogP contribution >= 0.6 is 0 Å². The molecule has 2 aromatic rings. The van der Waals surface area contributed by atoms with Gasteiger partial charge in [-0.2, -0.15) is 0 Å². The number of fused-ring (bicyclic) bond motifs is 1. The van der Waals surface area contributed by atoms with E-state index in [9.17, 15) is 0 Å². The van der Waals surface area contributed by atoms with Crippen LogP contribution in [0, 0.1) is 6.92 Å². The summed E-state index contributed by atoms with van der Waals surface area (Å²) in [6.07, 6.45) is 5.00. The van der Waals surface area contributed by atoms with Crippen molar-refractivity contribution >= 4 is 5.82 Å². The third-order valence-electron chi connectivity index (χ3n) is 3.67. The number of nitrogen functional groups attached to an aromatic ring is 1. The van der Waals surface area contributed by atoms with E-state index in [0.717, 1.165) is 16.8 Å². The minimum atomic E-state index is 0.511. The molecule has 3 heteroatoms. The van der Waals surface area contributed by atoms with Gasteiger partial charge in [0.1, 0.15) is 5.82 Å². The summed E-state index contributed by atoms with van der Waals surface area (Å²) in [5, 5.41) is 8.18. The van der Waals surface area contributed by atoms with Crippen molar-refractivity contribution in [3.05, 3.63) is 41.0 Å². The van der Waals surface area contributed by atoms with Crippen LogP contribution in [0.4, 0.5) is 5.82 Å². The second-order valence-corrected chi connectivity index (χ2v) is 4.99. The fraction of sp³-hybridized carbons (Fsp3) is 0.333. The molecule has 0 saturated heterocycles. The molecular formula is C15H17N3. The second kappa shape index (κ2) is 4.41. The van der Waals surface area contributed by atoms with Crippen LogP contribution in [-0.2, 0) is 12.8 Å². The molecule has 0 amide bonds. The number of aryl methyl sites for hydroxylation is 3. The van der Waals surface area contributed by atoms with Gasteiger partial charge in [-0.1, -0.05) is 12.1 Å². The van der Waals surface area contributed by atoms with Crippen LogP contribution in [0.3, 0.4) is 0 Å². The van der Waals surface area contributed by atoms with Gasteiger partial charge in [0, 0.05) is 5.56 Å². The first kappa shape index (κ1) is 11.2. The Morgan fingerprint density at radius 2 is 1.78 bits per heavy atom. The number of anilines is 1. The Kier molecular flexibility index (Phi) is 2.74. The summed E-state index contributed by atoms with van der Waals surface area (Å²) in [7, 11) is 0. The van der Waals surface area contributed by atoms with Gasteiger partial charge in [0.25, 0.3) is 0 Å². The lowest BCUT2D eigenvalue weighted by molar-refractivity contribution is 0.686. The van der Waals surface area contributed by atoms with Crippen molar-refractivity contribution in [2.45, 2.75) is 32.6 Å². The summed E-state index contributed by atoms with van der Waals surface area (Å²) >= 11 is 0. The van der Waals surface area contributed by atoms with E-state index in [0.29, 0.717) is 5.82 Å². The van der Waals surface area contributed by atoms with Gasteiger partial charge in [0.2, 0.25) is 0 Å². The molecule has 3 nitrogen and oxygen atoms in total. The summed E-state index contributed by atoms with van der Waals surface area (Å²) in [6, 6.07) is 8.64. The molecule has 1 heterocycles. The van der Waals surface area contributed by atoms with E-state index in [1.54, 1.807) is 0 Å². The quantitative estimate of drug-likeness (QED) is 0.832. The third-order valence-corrected chi connectivity index (χ3v) is 3.67. The van der Waals surface area contributed by atoms with Crippen LogP contribution in [0.5, 0.6) is 0 Å². The van der Waals surface area contributed by atoms with Gasteiger partial charge in [0.15, 0.2) is 0 Å². The number of hydrogen-bond donors (Lipinski definition) is 1. The number of hydrogen-bond acceptors (Lipinski definition) is 3. The highest BCUT2D eigenvalue weighted by molar-refractivity contribution is 5.63. The van der Waals surface area contributed by atoms with Crippen molar-refractivity contribution in [1.29, 1.82) is 0 Å². The molecule has 1 aromatic heterocycles. The van der Waals surface area contributed by atoms with Gasteiger partial charge in [-0.3, -0.25) is 0 Å². The molecule has 18 heavy (non-hydrogen) atoms. The van der Waals surface area contributed by atoms with E-state index in [1.807, 2.05) is 13.0 Å². The topological polar surface area (TPSA) is 51.8 Å². The summed E-state index contributed by atoms with van der Waals surface area (Å²) in [6.45, 7) is 1.96. The van der Waals surface area contributed by atoms with Gasteiger partial charge < -0.3 is 5.73 Å². The number of benzene rings is 1. The predicted octanol–water partition coefficient (Wildman–Crippen LogP) is 2.91. The molecule has 0 saturated carbocycles. The highest BCUT2D eigenvalue weighted by Gasteiger charge is 2.11. The Hall–Kier alpha value is -1.90. The number of aromatic nitrogens is 2. The van der Waals surface area contributed by atoms with Crippen molar-refractivity contribution in [3.8, 4) is 11.3 Å². The number of nitrogens with zero attached hydrogens (tertiary/aromatic N) is 2. The summed E-state index contributed by atoms with van der Waals surface area (Å²) in [4.78, 5) is 0. The van der Waals surface area contributed by atoms with Crippen LogP contribution in [0.15, 0.2) is 24.3 Å². The largest absolute Gasteiger partial charge is 0.382 e. The first-order valence-electron chi connectivity index (χ1n) is 6.46. The highest BCUT2D eigenvalue weighted by atomic mass is 15.1. The Balaban J connectivity index is 2.03. The highest BCUT2D eigenvalue weighted by Crippen LogP contribution is 2.27. The molecule has 3 rings (SSSR count). The first-order chi connectivity index (χ1) is 8.74. The van der Waals surface area contributed by atoms with E-state index < -0.39 is 0 Å². The molecule has 0 atom stereocenters. The molecule has 0 unspecified atom stereocenters. The minimum absolute atomic E-state index is 0.511. The van der Waals surface area contributed by atoms with Crippen LogP contribution in [0.25, 0.3) is 11.3 Å². The molecular weight excluding hydrogens is 222 g/mol. The van der Waals surface area contributed by atoms with Crippen molar-refractivity contribution in [3.63, 3.8) is 0 Å². The maximum Gasteiger partial charge on any atom is 0.149 e. The van der Waals surface area contributed by atoms with Crippen LogP contribution in [-0.4, -0.2) is 10.2 Å². The summed E-state index contributed by atoms with van der Waals surface area (Å²) < 4.78 is 0. The van der Waals surface area contributed by atoms with Crippen molar-refractivity contribution < 1.29 is 0 Å². The van der Waals surface area contributed by atoms with E-state index in [-0.39, 0.29) is 0 Å². The normalized spacial score (nSPS) is 14.3. The summed E-state index contributed by atoms with van der Waals surface area (Å²) in [5.74, 6) is 0.511. The first-order valence-corrected chi connectivity index (χ1v) is 6.46. The monoisotopic (exact) mass is 239 g/mol. The minimum Gasteiger partial charge on any atom is -0.382 e. The maximum absolute atomic E-state index is 5.70. The van der Waals surface area contributed by atoms with E-state index in [1.165, 1.54) is 36.8 Å². The van der Waals surface area contributed by atoms with Gasteiger partial charge in [-0.05, 0) is 61.4 Å². The molecule has 0 aliphatic heterocycles. The van der Waals surface area contributed by atoms with Crippen LogP contribution in [0.1, 0.15) is 29.5 Å². The van der Waals surface area contributed by atoms with Gasteiger partial charge in [0.05, 0.1) is 5.69 Å². The van der Waals surface area contributed by atoms with Crippen molar-refractivity contribution in [1.82, 2.24) is 10.2 Å². The molecule has 0 radical (unpaired) electrons. The molecule has 0 bridgehead atoms. The predicted molar refractivity (Wildman–Crippen MR) is 73.3 cm³/mol. The standard InChI is InChI=1S/C15H17N3/c1-10-8-14(17-18-15(10)16)13-7-6-11-4-2-3-5-12(11)9-13/h6-9H,2-5H2,1H3,(H2,16,18). The number of nitrogens with two attached hydrogens (primary N) is 1. The van der Waals surface area contributed by atoms with Crippen LogP contribution in [0.2, 0.25) is 0 Å². The smallest absolute Gasteiger partial charge is 0.149 e. The zero-order valence-electron chi connectivity index (χ0n) is 10.6. The molecule has 0 fully saturated rings. The maximum atomic E-state index is 5.70. The lowest BCUT2D eigenvalue weighted by Crippen LogP contribution is -2.03. The Morgan fingerprint density at radius 1 is 1.00 bits per heavy atom. The molecule has 92 valence electrons. The van der Waals surface area contributed by atoms with E-state index >= 15 is 0 Å². The third kappa shape index (κ3) is 1.96. The SMILES string of the molecule is Cc1cc(-c2ccc3c(c2)CCCC3)nnc1N. The fourth-order valence-electron chi connectivity index (χ4n) is 2.53. The lowest BCUT2D eigenvalue weighted by Gasteiger charge is -2.16. The lowest BCUT2D eigenvalue weighted by atomic mass is 9.90. The molecule has 1 aromatic carbocycles. The zero-order valence-corrected chi connectivity index (χ0v) is 10.6. The number of rotatable bonds is 1. The van der Waals surface area contributed by atoms with Crippen molar-refractivity contribution in [2.75, 3.05) is 5.73 Å². The van der Waals surface area contributed by atoms with Gasteiger partial charge in [-0.25, -0.2) is 0 Å². The van der Waals surface area contributed by atoms with Crippen molar-refractivity contribution in [2.24, 2.45) is 0 Å². The molecule has 1 aliphatic rings. The molecule has 2 N–H and O–H groups in total. The van der Waals surface area contributed by atoms with Gasteiger partial charge in [-0.15, -0.1) is 10.2 Å². The Bertz CT molecular complexity index is 590. The van der Waals surface area contributed by atoms with E-state index in [4.69, 9.17) is 5.73 Å². The van der Waals surface area contributed by atoms with E-state index in [2.05, 4.69) is 28.4 Å². The van der Waals surface area contributed by atoms with Gasteiger partial charge >= 0.3 is 0 Å².